The Morgan fingerprint density at radius 3 is 2.32 bits per heavy atom. The van der Waals surface area contributed by atoms with Gasteiger partial charge in [-0.3, -0.25) is 0 Å². The van der Waals surface area contributed by atoms with Gasteiger partial charge in [0.2, 0.25) is 10.0 Å². The molecule has 3 rings (SSSR count). The summed E-state index contributed by atoms with van der Waals surface area (Å²) in [7, 11) is -3.82. The largest absolute Gasteiger partial charge is 0.507 e. The Morgan fingerprint density at radius 2 is 1.59 bits per heavy atom. The van der Waals surface area contributed by atoms with Gasteiger partial charge in [0.15, 0.2) is 0 Å². The molecule has 3 aromatic rings. The summed E-state index contributed by atoms with van der Waals surface area (Å²) in [5, 5.41) is 17.0. The molecular weight excluding hydrogens is 322 g/mol. The summed E-state index contributed by atoms with van der Waals surface area (Å²) in [4.78, 5) is -0.0101. The summed E-state index contributed by atoms with van der Waals surface area (Å²) in [5.41, 5.74) is 1.27. The third-order valence-electron chi connectivity index (χ3n) is 3.46. The lowest BCUT2D eigenvalue weighted by atomic mass is 9.98. The number of nitrogens with two attached hydrogens (primary N) is 1. The lowest BCUT2D eigenvalue weighted by Gasteiger charge is -2.11. The lowest BCUT2D eigenvalue weighted by Crippen LogP contribution is -2.12. The molecule has 22 heavy (non-hydrogen) atoms. The van der Waals surface area contributed by atoms with Gasteiger partial charge in [0, 0.05) is 16.0 Å². The predicted molar refractivity (Wildman–Crippen MR) is 87.4 cm³/mol. The minimum absolute atomic E-state index is 0.0101. The van der Waals surface area contributed by atoms with E-state index in [1.165, 1.54) is 18.2 Å². The molecular formula is C16H12ClNO3S. The van der Waals surface area contributed by atoms with Gasteiger partial charge in [-0.15, -0.1) is 0 Å². The van der Waals surface area contributed by atoms with Crippen LogP contribution in [0, 0.1) is 0 Å². The van der Waals surface area contributed by atoms with Gasteiger partial charge in [-0.2, -0.15) is 0 Å². The molecule has 0 radical (unpaired) electrons. The Morgan fingerprint density at radius 1 is 0.909 bits per heavy atom. The molecule has 0 amide bonds. The van der Waals surface area contributed by atoms with Crippen molar-refractivity contribution >= 4 is 32.4 Å². The number of hydrogen-bond acceptors (Lipinski definition) is 3. The van der Waals surface area contributed by atoms with Gasteiger partial charge >= 0.3 is 0 Å². The maximum Gasteiger partial charge on any atom is 0.238 e. The monoisotopic (exact) mass is 333 g/mol. The third kappa shape index (κ3) is 2.54. The zero-order chi connectivity index (χ0) is 15.9. The first kappa shape index (κ1) is 14.8. The number of phenolic OH excluding ortho intramolecular Hbond substituents is 1. The Bertz CT molecular complexity index is 984. The van der Waals surface area contributed by atoms with Crippen LogP contribution in [0.1, 0.15) is 0 Å². The van der Waals surface area contributed by atoms with E-state index in [9.17, 15) is 13.5 Å². The molecule has 0 heterocycles. The number of sulfonamides is 1. The fraction of sp³-hybridized carbons (Fsp3) is 0. The van der Waals surface area contributed by atoms with Crippen molar-refractivity contribution in [2.75, 3.05) is 0 Å². The molecule has 3 aromatic carbocycles. The second-order valence-electron chi connectivity index (χ2n) is 4.86. The Balaban J connectivity index is 2.35. The van der Waals surface area contributed by atoms with Crippen molar-refractivity contribution in [3.8, 4) is 16.9 Å². The SMILES string of the molecule is NS(=O)(=O)c1ccc(Cl)c(-c2cccc3c(O)cccc23)c1. The van der Waals surface area contributed by atoms with Gasteiger partial charge in [0.05, 0.1) is 4.90 Å². The van der Waals surface area contributed by atoms with Crippen LogP contribution in [0.15, 0.2) is 59.5 Å². The number of primary sulfonamides is 1. The summed E-state index contributed by atoms with van der Waals surface area (Å²) in [6.07, 6.45) is 0. The zero-order valence-electron chi connectivity index (χ0n) is 11.3. The predicted octanol–water partition coefficient (Wildman–Crippen LogP) is 3.51. The highest BCUT2D eigenvalue weighted by Gasteiger charge is 2.14. The zero-order valence-corrected chi connectivity index (χ0v) is 12.9. The molecule has 4 nitrogen and oxygen atoms in total. The topological polar surface area (TPSA) is 80.4 Å². The van der Waals surface area contributed by atoms with E-state index < -0.39 is 10.0 Å². The van der Waals surface area contributed by atoms with Gasteiger partial charge in [-0.05, 0) is 35.2 Å². The maximum atomic E-state index is 11.5. The normalized spacial score (nSPS) is 11.7. The molecule has 0 unspecified atom stereocenters. The van der Waals surface area contributed by atoms with E-state index in [1.54, 1.807) is 24.3 Å². The molecule has 112 valence electrons. The standard InChI is InChI=1S/C16H12ClNO3S/c17-15-8-7-10(22(18,20)21)9-14(15)12-3-1-5-13-11(12)4-2-6-16(13)19/h1-9,19H,(H2,18,20,21). The molecule has 0 fully saturated rings. The van der Waals surface area contributed by atoms with Crippen LogP contribution < -0.4 is 5.14 Å². The lowest BCUT2D eigenvalue weighted by molar-refractivity contribution is 0.481. The number of hydrogen-bond donors (Lipinski definition) is 2. The average molecular weight is 334 g/mol. The first-order valence-electron chi connectivity index (χ1n) is 6.41. The Kier molecular flexibility index (Phi) is 3.56. The first-order valence-corrected chi connectivity index (χ1v) is 8.34. The van der Waals surface area contributed by atoms with Crippen LogP contribution in [0.4, 0.5) is 0 Å². The van der Waals surface area contributed by atoms with E-state index in [2.05, 4.69) is 0 Å². The molecule has 0 aliphatic carbocycles. The summed E-state index contributed by atoms with van der Waals surface area (Å²) in [5.74, 6) is 0.151. The van der Waals surface area contributed by atoms with Gasteiger partial charge in [0.25, 0.3) is 0 Å². The van der Waals surface area contributed by atoms with Crippen molar-refractivity contribution in [2.24, 2.45) is 5.14 Å². The Hall–Kier alpha value is -2.08. The first-order chi connectivity index (χ1) is 10.4. The van der Waals surface area contributed by atoms with Gasteiger partial charge in [-0.1, -0.05) is 41.9 Å². The Labute approximate surface area is 132 Å². The highest BCUT2D eigenvalue weighted by Crippen LogP contribution is 2.37. The van der Waals surface area contributed by atoms with Crippen LogP contribution >= 0.6 is 11.6 Å². The van der Waals surface area contributed by atoms with Crippen molar-refractivity contribution < 1.29 is 13.5 Å². The fourth-order valence-corrected chi connectivity index (χ4v) is 3.18. The molecule has 0 aliphatic heterocycles. The number of aromatic hydroxyl groups is 1. The van der Waals surface area contributed by atoms with Crippen LogP contribution in [0.2, 0.25) is 5.02 Å². The van der Waals surface area contributed by atoms with Crippen LogP contribution in [0.5, 0.6) is 5.75 Å². The van der Waals surface area contributed by atoms with Gasteiger partial charge in [0.1, 0.15) is 5.75 Å². The number of benzene rings is 3. The molecule has 3 N–H and O–H groups in total. The van der Waals surface area contributed by atoms with Crippen LogP contribution in [0.25, 0.3) is 21.9 Å². The molecule has 0 saturated heterocycles. The highest BCUT2D eigenvalue weighted by molar-refractivity contribution is 7.89. The van der Waals surface area contributed by atoms with Gasteiger partial charge in [-0.25, -0.2) is 13.6 Å². The minimum Gasteiger partial charge on any atom is -0.507 e. The maximum absolute atomic E-state index is 11.5. The fourth-order valence-electron chi connectivity index (χ4n) is 2.42. The third-order valence-corrected chi connectivity index (χ3v) is 4.70. The van der Waals surface area contributed by atoms with Crippen molar-refractivity contribution in [1.82, 2.24) is 0 Å². The van der Waals surface area contributed by atoms with Crippen molar-refractivity contribution in [3.05, 3.63) is 59.6 Å². The summed E-state index contributed by atoms with van der Waals surface area (Å²) in [6.45, 7) is 0. The minimum atomic E-state index is -3.82. The molecule has 6 heteroatoms. The van der Waals surface area contributed by atoms with Crippen molar-refractivity contribution in [3.63, 3.8) is 0 Å². The average Bonchev–Trinajstić information content (AvgIpc) is 2.47. The molecule has 0 atom stereocenters. The molecule has 0 aliphatic rings. The number of fused-ring (bicyclic) bond motifs is 1. The van der Waals surface area contributed by atoms with E-state index in [4.69, 9.17) is 16.7 Å². The van der Waals surface area contributed by atoms with E-state index >= 15 is 0 Å². The summed E-state index contributed by atoms with van der Waals surface area (Å²) in [6, 6.07) is 14.8. The van der Waals surface area contributed by atoms with E-state index in [1.807, 2.05) is 12.1 Å². The summed E-state index contributed by atoms with van der Waals surface area (Å²) >= 11 is 6.22. The number of phenols is 1. The molecule has 0 aromatic heterocycles. The van der Waals surface area contributed by atoms with Gasteiger partial charge < -0.3 is 5.11 Å². The quantitative estimate of drug-likeness (QED) is 0.753. The smallest absolute Gasteiger partial charge is 0.238 e. The molecule has 0 bridgehead atoms. The second kappa shape index (κ2) is 5.28. The van der Waals surface area contributed by atoms with Crippen molar-refractivity contribution in [1.29, 1.82) is 0 Å². The van der Waals surface area contributed by atoms with E-state index in [0.29, 0.717) is 16.0 Å². The second-order valence-corrected chi connectivity index (χ2v) is 6.83. The van der Waals surface area contributed by atoms with Crippen LogP contribution in [-0.4, -0.2) is 13.5 Å². The number of rotatable bonds is 2. The molecule has 0 saturated carbocycles. The van der Waals surface area contributed by atoms with E-state index in [-0.39, 0.29) is 10.6 Å². The van der Waals surface area contributed by atoms with Crippen LogP contribution in [0.3, 0.4) is 0 Å². The van der Waals surface area contributed by atoms with E-state index in [0.717, 1.165) is 10.9 Å². The van der Waals surface area contributed by atoms with Crippen LogP contribution in [-0.2, 0) is 10.0 Å². The molecule has 0 spiro atoms. The number of halogens is 1. The highest BCUT2D eigenvalue weighted by atomic mass is 35.5. The van der Waals surface area contributed by atoms with Crippen molar-refractivity contribution in [2.45, 2.75) is 4.90 Å². The summed E-state index contributed by atoms with van der Waals surface area (Å²) < 4.78 is 23.1.